The van der Waals surface area contributed by atoms with Crippen LogP contribution in [0.4, 0.5) is 0 Å². The summed E-state index contributed by atoms with van der Waals surface area (Å²) in [5.74, 6) is 1.36. The largest absolute Gasteiger partial charge is 0.491 e. The third-order valence-corrected chi connectivity index (χ3v) is 5.52. The van der Waals surface area contributed by atoms with Gasteiger partial charge in [0, 0.05) is 35.8 Å². The molecule has 2 rings (SSSR count). The number of hydrogen-bond acceptors (Lipinski definition) is 4. The van der Waals surface area contributed by atoms with Crippen LogP contribution in [-0.2, 0) is 16.1 Å². The first-order chi connectivity index (χ1) is 14.6. The van der Waals surface area contributed by atoms with Gasteiger partial charge in [-0.1, -0.05) is 13.5 Å². The van der Waals surface area contributed by atoms with Gasteiger partial charge in [-0.2, -0.15) is 0 Å². The van der Waals surface area contributed by atoms with E-state index in [1.54, 1.807) is 19.1 Å². The van der Waals surface area contributed by atoms with Gasteiger partial charge in [-0.15, -0.1) is 0 Å². The average Bonchev–Trinajstić information content (AvgIpc) is 2.95. The number of aromatic nitrogens is 1. The first kappa shape index (κ1) is 24.9. The Hall–Kier alpha value is -2.40. The van der Waals surface area contributed by atoms with Crippen molar-refractivity contribution in [1.82, 2.24) is 4.57 Å². The quantitative estimate of drug-likeness (QED) is 0.238. The van der Waals surface area contributed by atoms with Gasteiger partial charge >= 0.3 is 0 Å². The fourth-order valence-corrected chi connectivity index (χ4v) is 3.95. The molecule has 1 aliphatic carbocycles. The standard InChI is InChI=1S/C26H38N2O3/c1-17(2)27-25(14-21(6)31-23-11-8-18(3)9-12-23)24-16-28(15-20(5)30)26(22(24)7)13-10-19(4)29/h10,13-14,16,18,20,23,30H,6,8-9,11-12,15H2,1-5,7H3/b13-10-,25-14-. The molecule has 1 aliphatic rings. The molecule has 170 valence electrons. The summed E-state index contributed by atoms with van der Waals surface area (Å²) in [4.78, 5) is 16.2. The Morgan fingerprint density at radius 1 is 1.32 bits per heavy atom. The summed E-state index contributed by atoms with van der Waals surface area (Å²) >= 11 is 0. The van der Waals surface area contributed by atoms with E-state index in [1.165, 1.54) is 19.8 Å². The van der Waals surface area contributed by atoms with Crippen LogP contribution in [0.15, 0.2) is 35.7 Å². The Bertz CT molecular complexity index is 875. The van der Waals surface area contributed by atoms with E-state index in [-0.39, 0.29) is 11.9 Å². The second-order valence-corrected chi connectivity index (χ2v) is 9.05. The van der Waals surface area contributed by atoms with Crippen molar-refractivity contribution >= 4 is 23.3 Å². The lowest BCUT2D eigenvalue weighted by Gasteiger charge is -2.27. The molecule has 0 aliphatic heterocycles. The Morgan fingerprint density at radius 2 is 1.97 bits per heavy atom. The van der Waals surface area contributed by atoms with Gasteiger partial charge in [0.05, 0.1) is 17.9 Å². The number of aliphatic imine (C=N–C) groups is 1. The van der Waals surface area contributed by atoms with Crippen molar-refractivity contribution in [2.75, 3.05) is 0 Å². The van der Waals surface area contributed by atoms with Gasteiger partial charge in [-0.3, -0.25) is 9.79 Å². The van der Waals surface area contributed by atoms with Crippen LogP contribution in [0.3, 0.4) is 0 Å². The van der Waals surface area contributed by atoms with Crippen LogP contribution in [0, 0.1) is 12.8 Å². The highest BCUT2D eigenvalue weighted by Gasteiger charge is 2.20. The van der Waals surface area contributed by atoms with E-state index in [9.17, 15) is 9.90 Å². The highest BCUT2D eigenvalue weighted by Crippen LogP contribution is 2.30. The number of nitrogens with zero attached hydrogens (tertiary/aromatic N) is 2. The Morgan fingerprint density at radius 3 is 2.52 bits per heavy atom. The van der Waals surface area contributed by atoms with E-state index in [1.807, 2.05) is 37.6 Å². The summed E-state index contributed by atoms with van der Waals surface area (Å²) in [7, 11) is 0. The van der Waals surface area contributed by atoms with Crippen LogP contribution in [0.5, 0.6) is 0 Å². The number of ether oxygens (including phenoxy) is 1. The van der Waals surface area contributed by atoms with Crippen molar-refractivity contribution in [1.29, 1.82) is 0 Å². The molecule has 31 heavy (non-hydrogen) atoms. The molecule has 0 amide bonds. The molecule has 1 aromatic heterocycles. The first-order valence-corrected chi connectivity index (χ1v) is 11.2. The second kappa shape index (κ2) is 11.3. The zero-order valence-corrected chi connectivity index (χ0v) is 19.9. The molecular weight excluding hydrogens is 388 g/mol. The number of rotatable bonds is 9. The predicted octanol–water partition coefficient (Wildman–Crippen LogP) is 5.71. The lowest BCUT2D eigenvalue weighted by atomic mass is 9.89. The fourth-order valence-electron chi connectivity index (χ4n) is 3.95. The normalized spacial score (nSPS) is 20.5. The van der Waals surface area contributed by atoms with E-state index >= 15 is 0 Å². The monoisotopic (exact) mass is 426 g/mol. The molecule has 0 radical (unpaired) electrons. The summed E-state index contributed by atoms with van der Waals surface area (Å²) < 4.78 is 8.12. The molecule has 5 nitrogen and oxygen atoms in total. The highest BCUT2D eigenvalue weighted by atomic mass is 16.5. The number of carbonyl (C=O) groups excluding carboxylic acids is 1. The maximum atomic E-state index is 11.5. The number of aliphatic hydroxyl groups is 1. The lowest BCUT2D eigenvalue weighted by molar-refractivity contribution is -0.112. The number of aliphatic hydroxyl groups excluding tert-OH is 1. The molecule has 1 saturated carbocycles. The average molecular weight is 427 g/mol. The molecule has 0 aromatic carbocycles. The fraction of sp³-hybridized carbons (Fsp3) is 0.538. The molecule has 0 bridgehead atoms. The smallest absolute Gasteiger partial charge is 0.152 e. The van der Waals surface area contributed by atoms with Crippen LogP contribution in [0.2, 0.25) is 0 Å². The molecule has 1 aromatic rings. The van der Waals surface area contributed by atoms with Gasteiger partial charge < -0.3 is 14.4 Å². The summed E-state index contributed by atoms with van der Waals surface area (Å²) in [6.45, 7) is 16.1. The minimum Gasteiger partial charge on any atom is -0.491 e. The summed E-state index contributed by atoms with van der Waals surface area (Å²) in [5, 5.41) is 9.95. The van der Waals surface area contributed by atoms with Gasteiger partial charge in [-0.05, 0) is 83.9 Å². The maximum Gasteiger partial charge on any atom is 0.152 e. The molecule has 5 heteroatoms. The maximum absolute atomic E-state index is 11.5. The van der Waals surface area contributed by atoms with E-state index < -0.39 is 6.10 Å². The van der Waals surface area contributed by atoms with E-state index in [0.29, 0.717) is 12.3 Å². The molecule has 1 fully saturated rings. The van der Waals surface area contributed by atoms with Crippen LogP contribution in [0.1, 0.15) is 77.1 Å². The minimum absolute atomic E-state index is 0.0208. The zero-order chi connectivity index (χ0) is 23.1. The molecule has 1 unspecified atom stereocenters. The van der Waals surface area contributed by atoms with Gasteiger partial charge in [-0.25, -0.2) is 0 Å². The molecular formula is C26H38N2O3. The number of ketones is 1. The van der Waals surface area contributed by atoms with Gasteiger partial charge in [0.2, 0.25) is 0 Å². The van der Waals surface area contributed by atoms with Crippen molar-refractivity contribution in [3.8, 4) is 0 Å². The van der Waals surface area contributed by atoms with Crippen LogP contribution < -0.4 is 0 Å². The molecule has 0 saturated heterocycles. The van der Waals surface area contributed by atoms with Crippen molar-refractivity contribution in [2.24, 2.45) is 10.9 Å². The Labute approximate surface area is 187 Å². The van der Waals surface area contributed by atoms with E-state index in [4.69, 9.17) is 9.73 Å². The summed E-state index contributed by atoms with van der Waals surface area (Å²) in [6.07, 6.45) is 11.4. The van der Waals surface area contributed by atoms with Crippen molar-refractivity contribution < 1.29 is 14.6 Å². The van der Waals surface area contributed by atoms with Crippen LogP contribution in [-0.4, -0.2) is 33.4 Å². The number of carbonyl (C=O) groups is 1. The molecule has 1 atom stereocenters. The molecule has 1 heterocycles. The SMILES string of the molecule is C=C(/C=C(\N=C(C)C)c1cn(CC(C)O)c(/C=C\C(C)=O)c1C)OC1CCC(C)CC1. The van der Waals surface area contributed by atoms with E-state index in [0.717, 1.165) is 47.0 Å². The van der Waals surface area contributed by atoms with Gasteiger partial charge in [0.25, 0.3) is 0 Å². The van der Waals surface area contributed by atoms with Crippen LogP contribution >= 0.6 is 0 Å². The number of hydrogen-bond donors (Lipinski definition) is 1. The first-order valence-electron chi connectivity index (χ1n) is 11.2. The predicted molar refractivity (Wildman–Crippen MR) is 129 cm³/mol. The Balaban J connectivity index is 2.40. The minimum atomic E-state index is -0.514. The van der Waals surface area contributed by atoms with Crippen LogP contribution in [0.25, 0.3) is 11.8 Å². The zero-order valence-electron chi connectivity index (χ0n) is 19.9. The summed E-state index contributed by atoms with van der Waals surface area (Å²) in [5.41, 5.74) is 4.51. The molecule has 1 N–H and O–H groups in total. The highest BCUT2D eigenvalue weighted by molar-refractivity contribution is 5.92. The third-order valence-electron chi connectivity index (χ3n) is 5.52. The topological polar surface area (TPSA) is 63.8 Å². The van der Waals surface area contributed by atoms with Gasteiger partial charge in [0.1, 0.15) is 5.76 Å². The Kier molecular flexibility index (Phi) is 9.05. The van der Waals surface area contributed by atoms with Gasteiger partial charge in [0.15, 0.2) is 5.78 Å². The van der Waals surface area contributed by atoms with Crippen molar-refractivity contribution in [3.63, 3.8) is 0 Å². The summed E-state index contributed by atoms with van der Waals surface area (Å²) in [6, 6.07) is 0. The molecule has 0 spiro atoms. The van der Waals surface area contributed by atoms with Crippen molar-refractivity contribution in [2.45, 2.75) is 86.0 Å². The van der Waals surface area contributed by atoms with Crippen molar-refractivity contribution in [3.05, 3.63) is 47.5 Å². The van der Waals surface area contributed by atoms with E-state index in [2.05, 4.69) is 13.5 Å². The number of allylic oxidation sites excluding steroid dienone is 2. The second-order valence-electron chi connectivity index (χ2n) is 9.05. The third kappa shape index (κ3) is 7.66. The lowest BCUT2D eigenvalue weighted by Crippen LogP contribution is -2.19.